The Morgan fingerprint density at radius 3 is 2.50 bits per heavy atom. The zero-order valence-electron chi connectivity index (χ0n) is 9.16. The first kappa shape index (κ1) is 11.6. The van der Waals surface area contributed by atoms with Gasteiger partial charge in [-0.05, 0) is 31.2 Å². The number of hydrogen-bond acceptors (Lipinski definition) is 3. The summed E-state index contributed by atoms with van der Waals surface area (Å²) in [6.45, 7) is 2.10. The van der Waals surface area contributed by atoms with Crippen LogP contribution in [0, 0.1) is 6.92 Å². The number of methoxy groups -OCH3 is 1. The Morgan fingerprint density at radius 2 is 2.00 bits per heavy atom. The van der Waals surface area contributed by atoms with E-state index >= 15 is 0 Å². The highest BCUT2D eigenvalue weighted by Gasteiger charge is 2.08. The zero-order valence-corrected chi connectivity index (χ0v) is 11.6. The molecule has 0 saturated heterocycles. The van der Waals surface area contributed by atoms with Crippen molar-refractivity contribution in [2.45, 2.75) is 12.3 Å². The minimum atomic E-state index is 0.814. The molecule has 0 amide bonds. The Morgan fingerprint density at radius 1 is 1.31 bits per heavy atom. The second-order valence-corrected chi connectivity index (χ2v) is 5.22. The Balaban J connectivity index is 2.38. The predicted molar refractivity (Wildman–Crippen MR) is 71.5 cm³/mol. The van der Waals surface area contributed by atoms with E-state index in [1.165, 1.54) is 4.88 Å². The molecular formula is C12H12BrNOS. The van der Waals surface area contributed by atoms with Crippen LogP contribution in [0.3, 0.4) is 0 Å². The van der Waals surface area contributed by atoms with Crippen LogP contribution in [0.1, 0.15) is 9.88 Å². The van der Waals surface area contributed by atoms with Crippen LogP contribution in [-0.4, -0.2) is 12.1 Å². The van der Waals surface area contributed by atoms with Crippen LogP contribution in [0.4, 0.5) is 0 Å². The minimum Gasteiger partial charge on any atom is -0.497 e. The quantitative estimate of drug-likeness (QED) is 0.798. The lowest BCUT2D eigenvalue weighted by atomic mass is 10.1. The van der Waals surface area contributed by atoms with Crippen molar-refractivity contribution in [1.29, 1.82) is 0 Å². The van der Waals surface area contributed by atoms with Gasteiger partial charge in [0, 0.05) is 10.4 Å². The maximum atomic E-state index is 5.14. The van der Waals surface area contributed by atoms with E-state index < -0.39 is 0 Å². The number of hydrogen-bond donors (Lipinski definition) is 0. The molecule has 84 valence electrons. The first-order valence-electron chi connectivity index (χ1n) is 4.91. The summed E-state index contributed by atoms with van der Waals surface area (Å²) in [7, 11) is 1.67. The predicted octanol–water partition coefficient (Wildman–Crippen LogP) is 4.02. The van der Waals surface area contributed by atoms with Gasteiger partial charge >= 0.3 is 0 Å². The molecule has 0 atom stereocenters. The molecule has 1 heterocycles. The Bertz CT molecular complexity index is 478. The topological polar surface area (TPSA) is 22.1 Å². The fraction of sp³-hybridized carbons (Fsp3) is 0.250. The number of aryl methyl sites for hydroxylation is 1. The zero-order chi connectivity index (χ0) is 11.5. The number of halogens is 1. The van der Waals surface area contributed by atoms with Crippen LogP contribution >= 0.6 is 27.3 Å². The van der Waals surface area contributed by atoms with Crippen molar-refractivity contribution in [3.63, 3.8) is 0 Å². The van der Waals surface area contributed by atoms with Crippen LogP contribution in [0.2, 0.25) is 0 Å². The maximum absolute atomic E-state index is 5.14. The Kier molecular flexibility index (Phi) is 3.61. The SMILES string of the molecule is COc1ccc(-c2nc(CBr)sc2C)cc1. The molecular weight excluding hydrogens is 286 g/mol. The number of thiazole rings is 1. The number of alkyl halides is 1. The van der Waals surface area contributed by atoms with E-state index in [1.54, 1.807) is 18.4 Å². The summed E-state index contributed by atoms with van der Waals surface area (Å²) in [5.74, 6) is 0.873. The van der Waals surface area contributed by atoms with Gasteiger partial charge in [0.05, 0.1) is 18.1 Å². The Hall–Kier alpha value is -0.870. The summed E-state index contributed by atoms with van der Waals surface area (Å²) >= 11 is 5.16. The third-order valence-electron chi connectivity index (χ3n) is 2.32. The van der Waals surface area contributed by atoms with Crippen molar-refractivity contribution >= 4 is 27.3 Å². The third kappa shape index (κ3) is 2.28. The maximum Gasteiger partial charge on any atom is 0.118 e. The molecule has 1 aromatic carbocycles. The molecule has 2 aromatic rings. The molecule has 0 unspecified atom stereocenters. The van der Waals surface area contributed by atoms with Crippen molar-refractivity contribution in [2.24, 2.45) is 0 Å². The van der Waals surface area contributed by atoms with E-state index in [1.807, 2.05) is 24.3 Å². The summed E-state index contributed by atoms with van der Waals surface area (Å²) in [6, 6.07) is 8.00. The van der Waals surface area contributed by atoms with Crippen LogP contribution in [0.15, 0.2) is 24.3 Å². The van der Waals surface area contributed by atoms with E-state index in [-0.39, 0.29) is 0 Å². The molecule has 16 heavy (non-hydrogen) atoms. The fourth-order valence-corrected chi connectivity index (χ4v) is 2.80. The van der Waals surface area contributed by atoms with E-state index in [0.29, 0.717) is 0 Å². The minimum absolute atomic E-state index is 0.814. The highest BCUT2D eigenvalue weighted by molar-refractivity contribution is 9.08. The number of nitrogens with zero attached hydrogens (tertiary/aromatic N) is 1. The van der Waals surface area contributed by atoms with Gasteiger partial charge in [0.15, 0.2) is 0 Å². The lowest BCUT2D eigenvalue weighted by Gasteiger charge is -2.01. The molecule has 2 rings (SSSR count). The molecule has 0 aliphatic heterocycles. The van der Waals surface area contributed by atoms with Crippen molar-refractivity contribution in [3.8, 4) is 17.0 Å². The van der Waals surface area contributed by atoms with Gasteiger partial charge in [-0.15, -0.1) is 11.3 Å². The fourth-order valence-electron chi connectivity index (χ4n) is 1.53. The smallest absolute Gasteiger partial charge is 0.118 e. The number of rotatable bonds is 3. The van der Waals surface area contributed by atoms with E-state index in [4.69, 9.17) is 4.74 Å². The normalized spacial score (nSPS) is 10.4. The average Bonchev–Trinajstić information content (AvgIpc) is 2.71. The van der Waals surface area contributed by atoms with Crippen LogP contribution < -0.4 is 4.74 Å². The molecule has 4 heteroatoms. The summed E-state index contributed by atoms with van der Waals surface area (Å²) in [4.78, 5) is 5.83. The van der Waals surface area contributed by atoms with E-state index in [0.717, 1.165) is 27.3 Å². The number of ether oxygens (including phenoxy) is 1. The van der Waals surface area contributed by atoms with Gasteiger partial charge in [-0.1, -0.05) is 15.9 Å². The van der Waals surface area contributed by atoms with E-state index in [2.05, 4.69) is 27.8 Å². The van der Waals surface area contributed by atoms with Gasteiger partial charge in [-0.25, -0.2) is 4.98 Å². The average molecular weight is 298 g/mol. The number of benzene rings is 1. The summed E-state index contributed by atoms with van der Waals surface area (Å²) in [5.41, 5.74) is 2.21. The van der Waals surface area contributed by atoms with Crippen molar-refractivity contribution in [1.82, 2.24) is 4.98 Å². The van der Waals surface area contributed by atoms with Crippen LogP contribution in [0.5, 0.6) is 5.75 Å². The van der Waals surface area contributed by atoms with Gasteiger partial charge in [0.1, 0.15) is 10.8 Å². The second kappa shape index (κ2) is 4.97. The van der Waals surface area contributed by atoms with Gasteiger partial charge in [0.2, 0.25) is 0 Å². The van der Waals surface area contributed by atoms with Crippen molar-refractivity contribution in [3.05, 3.63) is 34.2 Å². The van der Waals surface area contributed by atoms with Crippen molar-refractivity contribution < 1.29 is 4.74 Å². The molecule has 0 saturated carbocycles. The molecule has 0 spiro atoms. The van der Waals surface area contributed by atoms with Crippen LogP contribution in [-0.2, 0) is 5.33 Å². The lowest BCUT2D eigenvalue weighted by molar-refractivity contribution is 0.415. The van der Waals surface area contributed by atoms with Crippen LogP contribution in [0.25, 0.3) is 11.3 Å². The van der Waals surface area contributed by atoms with Gasteiger partial charge in [0.25, 0.3) is 0 Å². The molecule has 0 radical (unpaired) electrons. The molecule has 0 bridgehead atoms. The summed E-state index contributed by atoms with van der Waals surface area (Å²) in [5, 5.41) is 1.93. The Labute approximate surface area is 107 Å². The first-order valence-corrected chi connectivity index (χ1v) is 6.85. The summed E-state index contributed by atoms with van der Waals surface area (Å²) < 4.78 is 5.14. The molecule has 2 nitrogen and oxygen atoms in total. The summed E-state index contributed by atoms with van der Waals surface area (Å²) in [6.07, 6.45) is 0. The van der Waals surface area contributed by atoms with Gasteiger partial charge < -0.3 is 4.74 Å². The highest BCUT2D eigenvalue weighted by Crippen LogP contribution is 2.29. The van der Waals surface area contributed by atoms with Gasteiger partial charge in [-0.2, -0.15) is 0 Å². The number of aromatic nitrogens is 1. The lowest BCUT2D eigenvalue weighted by Crippen LogP contribution is -1.84. The molecule has 1 aromatic heterocycles. The van der Waals surface area contributed by atoms with Gasteiger partial charge in [-0.3, -0.25) is 0 Å². The van der Waals surface area contributed by atoms with E-state index in [9.17, 15) is 0 Å². The molecule has 0 N–H and O–H groups in total. The largest absolute Gasteiger partial charge is 0.497 e. The second-order valence-electron chi connectivity index (χ2n) is 3.37. The molecule has 0 aliphatic carbocycles. The highest BCUT2D eigenvalue weighted by atomic mass is 79.9. The van der Waals surface area contributed by atoms with Crippen molar-refractivity contribution in [2.75, 3.05) is 7.11 Å². The first-order chi connectivity index (χ1) is 7.74. The monoisotopic (exact) mass is 297 g/mol. The third-order valence-corrected chi connectivity index (χ3v) is 4.19. The standard InChI is InChI=1S/C12H12BrNOS/c1-8-12(14-11(7-13)16-8)9-3-5-10(15-2)6-4-9/h3-6H,7H2,1-2H3. The molecule has 0 fully saturated rings. The molecule has 0 aliphatic rings.